The first-order valence-corrected chi connectivity index (χ1v) is 14.4. The Labute approximate surface area is 244 Å². The molecule has 0 saturated carbocycles. The summed E-state index contributed by atoms with van der Waals surface area (Å²) in [6.07, 6.45) is -0.711. The molecular weight excluding hydrogens is 516 g/mol. The zero-order chi connectivity index (χ0) is 29.2. The molecule has 3 aromatic carbocycles. The number of anilines is 1. The number of hydrogen-bond donors (Lipinski definition) is 3. The molecule has 1 fully saturated rings. The maximum Gasteiger partial charge on any atom is 0.240 e. The van der Waals surface area contributed by atoms with Crippen LogP contribution < -0.4 is 10.2 Å². The molecule has 1 heterocycles. The van der Waals surface area contributed by atoms with Crippen LogP contribution in [0.3, 0.4) is 0 Å². The van der Waals surface area contributed by atoms with E-state index in [0.29, 0.717) is 13.1 Å². The third kappa shape index (κ3) is 8.61. The van der Waals surface area contributed by atoms with Crippen LogP contribution in [-0.4, -0.2) is 78.1 Å². The number of aliphatic hydroxyl groups is 2. The van der Waals surface area contributed by atoms with Gasteiger partial charge in [-0.05, 0) is 49.2 Å². The number of carbonyl (C=O) groups excluding carboxylic acids is 1. The average molecular weight is 561 g/mol. The smallest absolute Gasteiger partial charge is 0.240 e. The van der Waals surface area contributed by atoms with E-state index in [4.69, 9.17) is 4.84 Å². The predicted octanol–water partition coefficient (Wildman–Crippen LogP) is 3.44. The fraction of sp³-hybridized carbons (Fsp3) is 0.424. The van der Waals surface area contributed by atoms with E-state index < -0.39 is 24.2 Å². The normalized spacial score (nSPS) is 19.8. The van der Waals surface area contributed by atoms with Gasteiger partial charge in [-0.25, -0.2) is 0 Å². The number of carbonyl (C=O) groups is 1. The van der Waals surface area contributed by atoms with E-state index in [1.54, 1.807) is 12.0 Å². The van der Waals surface area contributed by atoms with Crippen LogP contribution in [0.4, 0.5) is 5.69 Å². The summed E-state index contributed by atoms with van der Waals surface area (Å²) >= 11 is 0. The van der Waals surface area contributed by atoms with Gasteiger partial charge in [0.05, 0.1) is 19.3 Å². The molecule has 1 saturated heterocycles. The van der Waals surface area contributed by atoms with Gasteiger partial charge in [0, 0.05) is 44.8 Å². The Morgan fingerprint density at radius 3 is 2.27 bits per heavy atom. The number of hydroxylamine groups is 2. The first-order chi connectivity index (χ1) is 19.9. The standard InChI is InChI=1S/C33H44N4O4/c1-25(39)31-30(24-38)41-37(32(31)33(40)34-18-11-19-36(3)29-16-8-5-9-17-29)23-28-15-10-14-27(20-28)22-35(2)21-26-12-6-4-7-13-26/h4-10,12-17,20,25,30-32,38-39H,11,18-19,21-24H2,1-3H3,(H,34,40)/t25-,30-,31+,32-/m1/s1. The molecule has 0 bridgehead atoms. The minimum absolute atomic E-state index is 0.201. The number of hydrogen-bond acceptors (Lipinski definition) is 7. The number of aliphatic hydroxyl groups excluding tert-OH is 2. The van der Waals surface area contributed by atoms with Crippen LogP contribution in [0.5, 0.6) is 0 Å². The molecule has 1 aliphatic rings. The first-order valence-electron chi connectivity index (χ1n) is 14.4. The second-order valence-electron chi connectivity index (χ2n) is 11.0. The Balaban J connectivity index is 1.38. The Kier molecular flexibility index (Phi) is 11.3. The Morgan fingerprint density at radius 2 is 1.59 bits per heavy atom. The summed E-state index contributed by atoms with van der Waals surface area (Å²) in [6.45, 7) is 4.66. The third-order valence-electron chi connectivity index (χ3n) is 7.62. The molecule has 8 nitrogen and oxygen atoms in total. The highest BCUT2D eigenvalue weighted by Crippen LogP contribution is 2.32. The molecule has 41 heavy (non-hydrogen) atoms. The molecular formula is C33H44N4O4. The van der Waals surface area contributed by atoms with Crippen LogP contribution >= 0.6 is 0 Å². The van der Waals surface area contributed by atoms with E-state index in [2.05, 4.69) is 70.7 Å². The molecule has 1 aliphatic heterocycles. The van der Waals surface area contributed by atoms with Crippen LogP contribution in [0, 0.1) is 5.92 Å². The second kappa shape index (κ2) is 15.1. The van der Waals surface area contributed by atoms with Crippen molar-refractivity contribution in [2.75, 3.05) is 38.7 Å². The molecule has 3 aromatic rings. The maximum atomic E-state index is 13.5. The minimum Gasteiger partial charge on any atom is -0.394 e. The van der Waals surface area contributed by atoms with E-state index >= 15 is 0 Å². The summed E-state index contributed by atoms with van der Waals surface area (Å²) in [5.74, 6) is -0.750. The van der Waals surface area contributed by atoms with Crippen molar-refractivity contribution in [1.29, 1.82) is 0 Å². The van der Waals surface area contributed by atoms with Gasteiger partial charge in [-0.15, -0.1) is 0 Å². The van der Waals surface area contributed by atoms with Gasteiger partial charge < -0.3 is 20.4 Å². The summed E-state index contributed by atoms with van der Waals surface area (Å²) in [4.78, 5) is 24.0. The van der Waals surface area contributed by atoms with E-state index in [9.17, 15) is 15.0 Å². The van der Waals surface area contributed by atoms with Crippen molar-refractivity contribution >= 4 is 11.6 Å². The highest BCUT2D eigenvalue weighted by atomic mass is 16.7. The molecule has 0 aliphatic carbocycles. The quantitative estimate of drug-likeness (QED) is 0.261. The van der Waals surface area contributed by atoms with Gasteiger partial charge in [0.2, 0.25) is 5.91 Å². The number of nitrogens with zero attached hydrogens (tertiary/aromatic N) is 3. The molecule has 4 rings (SSSR count). The number of para-hydroxylation sites is 1. The van der Waals surface area contributed by atoms with Crippen LogP contribution in [0.15, 0.2) is 84.9 Å². The van der Waals surface area contributed by atoms with Crippen molar-refractivity contribution < 1.29 is 19.8 Å². The zero-order valence-electron chi connectivity index (χ0n) is 24.4. The average Bonchev–Trinajstić information content (AvgIpc) is 3.34. The maximum absolute atomic E-state index is 13.5. The van der Waals surface area contributed by atoms with Crippen molar-refractivity contribution in [2.24, 2.45) is 5.92 Å². The number of benzene rings is 3. The van der Waals surface area contributed by atoms with E-state index in [1.807, 2.05) is 43.4 Å². The number of amides is 1. The Morgan fingerprint density at radius 1 is 0.951 bits per heavy atom. The second-order valence-corrected chi connectivity index (χ2v) is 11.0. The lowest BCUT2D eigenvalue weighted by Gasteiger charge is -2.27. The molecule has 1 amide bonds. The largest absolute Gasteiger partial charge is 0.394 e. The van der Waals surface area contributed by atoms with Crippen molar-refractivity contribution in [1.82, 2.24) is 15.3 Å². The monoisotopic (exact) mass is 560 g/mol. The summed E-state index contributed by atoms with van der Waals surface area (Å²) in [5, 5.41) is 25.3. The molecule has 0 aromatic heterocycles. The fourth-order valence-electron chi connectivity index (χ4n) is 5.59. The van der Waals surface area contributed by atoms with Gasteiger partial charge in [-0.3, -0.25) is 14.5 Å². The lowest BCUT2D eigenvalue weighted by Crippen LogP contribution is -2.49. The van der Waals surface area contributed by atoms with E-state index in [-0.39, 0.29) is 12.5 Å². The van der Waals surface area contributed by atoms with Gasteiger partial charge in [0.25, 0.3) is 0 Å². The molecule has 0 radical (unpaired) electrons. The van der Waals surface area contributed by atoms with Crippen LogP contribution in [0.2, 0.25) is 0 Å². The van der Waals surface area contributed by atoms with Crippen LogP contribution in [-0.2, 0) is 29.3 Å². The van der Waals surface area contributed by atoms with Crippen molar-refractivity contribution in [3.8, 4) is 0 Å². The van der Waals surface area contributed by atoms with Gasteiger partial charge in [-0.2, -0.15) is 5.06 Å². The highest BCUT2D eigenvalue weighted by Gasteiger charge is 2.49. The Hall–Kier alpha value is -3.27. The molecule has 3 N–H and O–H groups in total. The minimum atomic E-state index is -0.824. The van der Waals surface area contributed by atoms with Crippen LogP contribution in [0.1, 0.15) is 30.0 Å². The fourth-order valence-corrected chi connectivity index (χ4v) is 5.59. The van der Waals surface area contributed by atoms with E-state index in [0.717, 1.165) is 42.9 Å². The summed E-state index contributed by atoms with van der Waals surface area (Å²) < 4.78 is 0. The first kappa shape index (κ1) is 30.7. The summed E-state index contributed by atoms with van der Waals surface area (Å²) in [6, 6.07) is 28.0. The predicted molar refractivity (Wildman–Crippen MR) is 162 cm³/mol. The van der Waals surface area contributed by atoms with Crippen LogP contribution in [0.25, 0.3) is 0 Å². The lowest BCUT2D eigenvalue weighted by atomic mass is 9.89. The van der Waals surface area contributed by atoms with Gasteiger partial charge in [0.15, 0.2) is 0 Å². The molecule has 220 valence electrons. The summed E-state index contributed by atoms with van der Waals surface area (Å²) in [7, 11) is 4.13. The zero-order valence-corrected chi connectivity index (χ0v) is 24.4. The highest BCUT2D eigenvalue weighted by molar-refractivity contribution is 5.82. The van der Waals surface area contributed by atoms with Crippen molar-refractivity contribution in [3.05, 3.63) is 102 Å². The van der Waals surface area contributed by atoms with Gasteiger partial charge >= 0.3 is 0 Å². The number of nitrogens with one attached hydrogen (secondary N) is 1. The van der Waals surface area contributed by atoms with Crippen molar-refractivity contribution in [2.45, 2.75) is 51.2 Å². The molecule has 8 heteroatoms. The molecule has 0 spiro atoms. The van der Waals surface area contributed by atoms with Crippen molar-refractivity contribution in [3.63, 3.8) is 0 Å². The number of rotatable bonds is 14. The topological polar surface area (TPSA) is 88.5 Å². The third-order valence-corrected chi connectivity index (χ3v) is 7.62. The SMILES string of the molecule is C[C@@H](O)[C@H]1[C@@H](CO)ON(Cc2cccc(CN(C)Cc3ccccc3)c2)[C@H]1C(=O)NCCCN(C)c1ccccc1. The lowest BCUT2D eigenvalue weighted by molar-refractivity contribution is -0.181. The molecule has 4 atom stereocenters. The van der Waals surface area contributed by atoms with Gasteiger partial charge in [-0.1, -0.05) is 72.8 Å². The van der Waals surface area contributed by atoms with E-state index in [1.165, 1.54) is 5.56 Å². The van der Waals surface area contributed by atoms with Gasteiger partial charge in [0.1, 0.15) is 12.1 Å². The summed E-state index contributed by atoms with van der Waals surface area (Å²) in [5.41, 5.74) is 4.55. The molecule has 0 unspecified atom stereocenters. The Bertz CT molecular complexity index is 1210.